The number of rotatable bonds is 5. The Labute approximate surface area is 147 Å². The number of nitrogens with zero attached hydrogens (tertiary/aromatic N) is 2. The van der Waals surface area contributed by atoms with Crippen LogP contribution in [-0.2, 0) is 6.54 Å². The lowest BCUT2D eigenvalue weighted by Crippen LogP contribution is -2.53. The third-order valence-corrected chi connectivity index (χ3v) is 5.36. The maximum Gasteiger partial charge on any atom is 0.0237 e. The fourth-order valence-electron chi connectivity index (χ4n) is 3.97. The minimum Gasteiger partial charge on any atom is -0.317 e. The Morgan fingerprint density at radius 3 is 2.52 bits per heavy atom. The lowest BCUT2D eigenvalue weighted by molar-refractivity contribution is 0.0540. The van der Waals surface area contributed by atoms with Crippen molar-refractivity contribution in [1.82, 2.24) is 15.1 Å². The van der Waals surface area contributed by atoms with Crippen molar-refractivity contribution in [3.05, 3.63) is 35.9 Å². The summed E-state index contributed by atoms with van der Waals surface area (Å²) in [6.45, 7) is 10.9. The summed E-state index contributed by atoms with van der Waals surface area (Å²) < 4.78 is 0. The van der Waals surface area contributed by atoms with Crippen LogP contribution in [0.2, 0.25) is 0 Å². The van der Waals surface area contributed by atoms with Gasteiger partial charge in [-0.2, -0.15) is 0 Å². The molecule has 1 unspecified atom stereocenters. The van der Waals surface area contributed by atoms with Crippen LogP contribution in [0.25, 0.3) is 0 Å². The molecular formula is C19H32ClN3. The average Bonchev–Trinajstić information content (AvgIpc) is 2.58. The first-order valence-electron chi connectivity index (χ1n) is 9.06. The van der Waals surface area contributed by atoms with Crippen molar-refractivity contribution in [2.75, 3.05) is 39.3 Å². The van der Waals surface area contributed by atoms with Gasteiger partial charge in [0.1, 0.15) is 0 Å². The Morgan fingerprint density at radius 1 is 1.09 bits per heavy atom. The second-order valence-corrected chi connectivity index (χ2v) is 6.97. The van der Waals surface area contributed by atoms with Gasteiger partial charge in [-0.1, -0.05) is 37.3 Å². The van der Waals surface area contributed by atoms with Gasteiger partial charge >= 0.3 is 0 Å². The molecule has 2 heterocycles. The molecule has 0 bridgehead atoms. The van der Waals surface area contributed by atoms with Gasteiger partial charge < -0.3 is 10.2 Å². The molecule has 2 saturated heterocycles. The number of hydrogen-bond donors (Lipinski definition) is 1. The van der Waals surface area contributed by atoms with E-state index in [4.69, 9.17) is 0 Å². The molecule has 4 heteroatoms. The lowest BCUT2D eigenvalue weighted by atomic mass is 9.96. The maximum atomic E-state index is 3.48. The molecule has 0 amide bonds. The Bertz CT molecular complexity index is 434. The molecule has 1 aromatic carbocycles. The van der Waals surface area contributed by atoms with Crippen LogP contribution in [0.5, 0.6) is 0 Å². The second-order valence-electron chi connectivity index (χ2n) is 6.97. The van der Waals surface area contributed by atoms with E-state index in [9.17, 15) is 0 Å². The Kier molecular flexibility index (Phi) is 7.84. The third kappa shape index (κ3) is 5.46. The summed E-state index contributed by atoms with van der Waals surface area (Å²) in [6.07, 6.45) is 3.98. The van der Waals surface area contributed by atoms with Crippen molar-refractivity contribution in [2.45, 2.75) is 38.8 Å². The van der Waals surface area contributed by atoms with Gasteiger partial charge in [-0.05, 0) is 43.8 Å². The summed E-state index contributed by atoms with van der Waals surface area (Å²) in [5.74, 6) is 0.916. The van der Waals surface area contributed by atoms with Crippen LogP contribution in [0.3, 0.4) is 0 Å². The summed E-state index contributed by atoms with van der Waals surface area (Å²) in [4.78, 5) is 5.42. The first-order valence-corrected chi connectivity index (χ1v) is 9.06. The zero-order valence-electron chi connectivity index (χ0n) is 14.4. The van der Waals surface area contributed by atoms with Crippen molar-refractivity contribution in [1.29, 1.82) is 0 Å². The molecule has 0 radical (unpaired) electrons. The average molecular weight is 338 g/mol. The molecule has 1 N–H and O–H groups in total. The van der Waals surface area contributed by atoms with Gasteiger partial charge in [-0.25, -0.2) is 0 Å². The van der Waals surface area contributed by atoms with Gasteiger partial charge in [-0.15, -0.1) is 12.4 Å². The van der Waals surface area contributed by atoms with Crippen LogP contribution in [-0.4, -0.2) is 55.1 Å². The number of piperazine rings is 1. The van der Waals surface area contributed by atoms with E-state index < -0.39 is 0 Å². The highest BCUT2D eigenvalue weighted by molar-refractivity contribution is 5.85. The van der Waals surface area contributed by atoms with Crippen molar-refractivity contribution in [3.8, 4) is 0 Å². The standard InChI is InChI=1S/C19H31N3.ClH/c1-2-19-16-21(14-18-8-10-20-11-9-18)12-13-22(19)15-17-6-4-3-5-7-17;/h3-7,18-20H,2,8-16H2,1H3;1H. The molecule has 2 fully saturated rings. The van der Waals surface area contributed by atoms with E-state index in [1.807, 2.05) is 0 Å². The van der Waals surface area contributed by atoms with E-state index in [2.05, 4.69) is 52.4 Å². The van der Waals surface area contributed by atoms with Gasteiger partial charge in [0.25, 0.3) is 0 Å². The fourth-order valence-corrected chi connectivity index (χ4v) is 3.97. The topological polar surface area (TPSA) is 18.5 Å². The van der Waals surface area contributed by atoms with Crippen LogP contribution in [0.15, 0.2) is 30.3 Å². The predicted molar refractivity (Wildman–Crippen MR) is 100 cm³/mol. The van der Waals surface area contributed by atoms with Gasteiger partial charge in [0, 0.05) is 38.8 Å². The fraction of sp³-hybridized carbons (Fsp3) is 0.684. The Morgan fingerprint density at radius 2 is 1.83 bits per heavy atom. The molecule has 1 atom stereocenters. The minimum atomic E-state index is 0. The summed E-state index contributed by atoms with van der Waals surface area (Å²) in [5.41, 5.74) is 1.45. The molecule has 1 aromatic rings. The van der Waals surface area contributed by atoms with Crippen molar-refractivity contribution in [2.24, 2.45) is 5.92 Å². The predicted octanol–water partition coefficient (Wildman–Crippen LogP) is 3.00. The number of nitrogens with one attached hydrogen (secondary N) is 1. The Hall–Kier alpha value is -0.610. The zero-order chi connectivity index (χ0) is 15.2. The number of hydrogen-bond acceptors (Lipinski definition) is 3. The van der Waals surface area contributed by atoms with Crippen molar-refractivity contribution in [3.63, 3.8) is 0 Å². The highest BCUT2D eigenvalue weighted by Gasteiger charge is 2.27. The number of piperidine rings is 1. The van der Waals surface area contributed by atoms with Crippen LogP contribution in [0.1, 0.15) is 31.7 Å². The molecule has 0 saturated carbocycles. The van der Waals surface area contributed by atoms with Crippen LogP contribution >= 0.6 is 12.4 Å². The molecule has 3 rings (SSSR count). The molecule has 0 spiro atoms. The second kappa shape index (κ2) is 9.63. The first kappa shape index (κ1) is 18.7. The van der Waals surface area contributed by atoms with Crippen molar-refractivity contribution >= 4 is 12.4 Å². The van der Waals surface area contributed by atoms with E-state index >= 15 is 0 Å². The van der Waals surface area contributed by atoms with E-state index in [0.29, 0.717) is 0 Å². The van der Waals surface area contributed by atoms with Gasteiger partial charge in [0.15, 0.2) is 0 Å². The minimum absolute atomic E-state index is 0. The molecule has 130 valence electrons. The first-order chi connectivity index (χ1) is 10.8. The van der Waals surface area contributed by atoms with Crippen molar-refractivity contribution < 1.29 is 0 Å². The zero-order valence-corrected chi connectivity index (χ0v) is 15.2. The highest BCUT2D eigenvalue weighted by atomic mass is 35.5. The summed E-state index contributed by atoms with van der Waals surface area (Å²) in [5, 5.41) is 3.48. The molecule has 0 aliphatic carbocycles. The van der Waals surface area contributed by atoms with Crippen LogP contribution in [0, 0.1) is 5.92 Å². The van der Waals surface area contributed by atoms with Gasteiger partial charge in [0.05, 0.1) is 0 Å². The molecule has 0 aromatic heterocycles. The van der Waals surface area contributed by atoms with Gasteiger partial charge in [-0.3, -0.25) is 4.90 Å². The van der Waals surface area contributed by atoms with E-state index in [-0.39, 0.29) is 12.4 Å². The molecule has 23 heavy (non-hydrogen) atoms. The number of halogens is 1. The van der Waals surface area contributed by atoms with E-state index in [1.54, 1.807) is 0 Å². The summed E-state index contributed by atoms with van der Waals surface area (Å²) in [7, 11) is 0. The molecular weight excluding hydrogens is 306 g/mol. The smallest absolute Gasteiger partial charge is 0.0237 e. The Balaban J connectivity index is 0.00000192. The van der Waals surface area contributed by atoms with E-state index in [0.717, 1.165) is 18.5 Å². The molecule has 2 aliphatic rings. The molecule has 2 aliphatic heterocycles. The van der Waals surface area contributed by atoms with Gasteiger partial charge in [0.2, 0.25) is 0 Å². The quantitative estimate of drug-likeness (QED) is 0.891. The maximum absolute atomic E-state index is 3.48. The van der Waals surface area contributed by atoms with Crippen LogP contribution in [0.4, 0.5) is 0 Å². The monoisotopic (exact) mass is 337 g/mol. The number of benzene rings is 1. The summed E-state index contributed by atoms with van der Waals surface area (Å²) >= 11 is 0. The van der Waals surface area contributed by atoms with Crippen LogP contribution < -0.4 is 5.32 Å². The summed E-state index contributed by atoms with van der Waals surface area (Å²) in [6, 6.07) is 11.7. The SMILES string of the molecule is CCC1CN(CC2CCNCC2)CCN1Cc1ccccc1.Cl. The third-order valence-electron chi connectivity index (χ3n) is 5.36. The normalized spacial score (nSPS) is 24.3. The molecule has 3 nitrogen and oxygen atoms in total. The lowest BCUT2D eigenvalue weighted by Gasteiger charge is -2.42. The largest absolute Gasteiger partial charge is 0.317 e. The highest BCUT2D eigenvalue weighted by Crippen LogP contribution is 2.20. The van der Waals surface area contributed by atoms with E-state index in [1.165, 1.54) is 64.1 Å².